The van der Waals surface area contributed by atoms with Crippen molar-refractivity contribution in [2.75, 3.05) is 20.3 Å². The third-order valence-electron chi connectivity index (χ3n) is 2.54. The molecule has 1 aromatic rings. The minimum Gasteiger partial charge on any atom is -0.476 e. The Morgan fingerprint density at radius 1 is 1.55 bits per heavy atom. The second-order valence-electron chi connectivity index (χ2n) is 4.11. The molecule has 0 saturated heterocycles. The van der Waals surface area contributed by atoms with E-state index in [0.717, 1.165) is 0 Å². The monoisotopic (exact) mass is 279 g/mol. The number of rotatable bonds is 8. The first-order valence-electron chi connectivity index (χ1n) is 6.11. The molecular weight excluding hydrogens is 262 g/mol. The van der Waals surface area contributed by atoms with Gasteiger partial charge in [0.2, 0.25) is 0 Å². The molecule has 0 aliphatic carbocycles. The third-order valence-corrected chi connectivity index (χ3v) is 2.54. The summed E-state index contributed by atoms with van der Waals surface area (Å²) < 4.78 is 10.3. The Morgan fingerprint density at radius 2 is 2.30 bits per heavy atom. The molecule has 0 fully saturated rings. The van der Waals surface area contributed by atoms with Crippen LogP contribution in [0.25, 0.3) is 0 Å². The molecule has 7 nitrogen and oxygen atoms in total. The summed E-state index contributed by atoms with van der Waals surface area (Å²) in [5.74, 6) is 0.467. The Morgan fingerprint density at radius 3 is 2.90 bits per heavy atom. The number of nitriles is 1. The number of nitrogens with zero attached hydrogens (tertiary/aromatic N) is 2. The maximum absolute atomic E-state index is 10.8. The van der Waals surface area contributed by atoms with Gasteiger partial charge in [-0.05, 0) is 13.0 Å². The summed E-state index contributed by atoms with van der Waals surface area (Å²) in [5, 5.41) is 22.6. The van der Waals surface area contributed by atoms with Crippen LogP contribution in [0, 0.1) is 21.4 Å². The van der Waals surface area contributed by atoms with E-state index in [9.17, 15) is 10.1 Å². The highest BCUT2D eigenvalue weighted by atomic mass is 16.6. The molecule has 0 amide bonds. The number of non-ortho nitro benzene ring substituents is 1. The molecule has 0 heterocycles. The first-order chi connectivity index (χ1) is 9.58. The van der Waals surface area contributed by atoms with Gasteiger partial charge < -0.3 is 14.8 Å². The standard InChI is InChI=1S/C13H17N3O4/c1-10(8-14)20-13-4-3-12(16(17)18)7-11(13)9-15-5-6-19-2/h3-4,7,10,15H,5-6,9H2,1-2H3. The van der Waals surface area contributed by atoms with E-state index in [1.807, 2.05) is 6.07 Å². The molecule has 1 aromatic carbocycles. The van der Waals surface area contributed by atoms with Crippen molar-refractivity contribution in [3.63, 3.8) is 0 Å². The van der Waals surface area contributed by atoms with Crippen molar-refractivity contribution < 1.29 is 14.4 Å². The van der Waals surface area contributed by atoms with E-state index < -0.39 is 11.0 Å². The molecule has 0 radical (unpaired) electrons. The van der Waals surface area contributed by atoms with E-state index in [2.05, 4.69) is 5.32 Å². The zero-order valence-corrected chi connectivity index (χ0v) is 11.5. The van der Waals surface area contributed by atoms with Crippen LogP contribution in [0.1, 0.15) is 12.5 Å². The van der Waals surface area contributed by atoms with Gasteiger partial charge in [0.15, 0.2) is 6.10 Å². The van der Waals surface area contributed by atoms with Crippen LogP contribution in [0.2, 0.25) is 0 Å². The molecule has 0 saturated carbocycles. The fraction of sp³-hybridized carbons (Fsp3) is 0.462. The van der Waals surface area contributed by atoms with Gasteiger partial charge in [0.25, 0.3) is 5.69 Å². The van der Waals surface area contributed by atoms with Crippen molar-refractivity contribution in [2.24, 2.45) is 0 Å². The number of nitrogens with one attached hydrogen (secondary N) is 1. The lowest BCUT2D eigenvalue weighted by atomic mass is 10.1. The zero-order valence-electron chi connectivity index (χ0n) is 11.5. The van der Waals surface area contributed by atoms with Crippen molar-refractivity contribution in [1.29, 1.82) is 5.26 Å². The first-order valence-corrected chi connectivity index (χ1v) is 6.11. The van der Waals surface area contributed by atoms with Crippen molar-refractivity contribution in [2.45, 2.75) is 19.6 Å². The number of benzene rings is 1. The number of ether oxygens (including phenoxy) is 2. The second kappa shape index (κ2) is 8.09. The Bertz CT molecular complexity index is 499. The quantitative estimate of drug-likeness (QED) is 0.441. The van der Waals surface area contributed by atoms with Crippen LogP contribution in [-0.2, 0) is 11.3 Å². The van der Waals surface area contributed by atoms with Crippen molar-refractivity contribution >= 4 is 5.69 Å². The number of hydrogen-bond acceptors (Lipinski definition) is 6. The van der Waals surface area contributed by atoms with Crippen molar-refractivity contribution in [3.8, 4) is 11.8 Å². The largest absolute Gasteiger partial charge is 0.476 e. The molecule has 0 spiro atoms. The summed E-state index contributed by atoms with van der Waals surface area (Å²) in [6, 6.07) is 6.27. The van der Waals surface area contributed by atoms with Gasteiger partial charge in [-0.1, -0.05) is 0 Å². The van der Waals surface area contributed by atoms with Gasteiger partial charge in [0.1, 0.15) is 11.8 Å². The Labute approximate surface area is 117 Å². The van der Waals surface area contributed by atoms with E-state index in [0.29, 0.717) is 31.0 Å². The Balaban J connectivity index is 2.86. The molecule has 0 aromatic heterocycles. The summed E-state index contributed by atoms with van der Waals surface area (Å²) in [4.78, 5) is 10.3. The highest BCUT2D eigenvalue weighted by molar-refractivity contribution is 5.44. The molecule has 0 aliphatic rings. The summed E-state index contributed by atoms with van der Waals surface area (Å²) >= 11 is 0. The molecule has 0 aliphatic heterocycles. The number of methoxy groups -OCH3 is 1. The SMILES string of the molecule is COCCNCc1cc([N+](=O)[O-])ccc1OC(C)C#N. The van der Waals surface area contributed by atoms with Crippen LogP contribution < -0.4 is 10.1 Å². The van der Waals surface area contributed by atoms with Gasteiger partial charge in [0.05, 0.1) is 11.5 Å². The molecule has 1 atom stereocenters. The van der Waals surface area contributed by atoms with Crippen LogP contribution in [0.15, 0.2) is 18.2 Å². The van der Waals surface area contributed by atoms with Crippen LogP contribution in [0.3, 0.4) is 0 Å². The summed E-state index contributed by atoms with van der Waals surface area (Å²) in [6.07, 6.45) is -0.616. The average Bonchev–Trinajstić information content (AvgIpc) is 2.44. The smallest absolute Gasteiger partial charge is 0.270 e. The lowest BCUT2D eigenvalue weighted by molar-refractivity contribution is -0.384. The minimum atomic E-state index is -0.616. The van der Waals surface area contributed by atoms with Crippen molar-refractivity contribution in [1.82, 2.24) is 5.32 Å². The molecule has 20 heavy (non-hydrogen) atoms. The molecule has 1 N–H and O–H groups in total. The molecule has 7 heteroatoms. The van der Waals surface area contributed by atoms with Crippen molar-refractivity contribution in [3.05, 3.63) is 33.9 Å². The number of nitro groups is 1. The molecule has 1 unspecified atom stereocenters. The molecule has 0 bridgehead atoms. The van der Waals surface area contributed by atoms with Crippen LogP contribution in [-0.4, -0.2) is 31.3 Å². The maximum atomic E-state index is 10.8. The van der Waals surface area contributed by atoms with Gasteiger partial charge in [0, 0.05) is 37.9 Å². The van der Waals surface area contributed by atoms with Gasteiger partial charge in [-0.15, -0.1) is 0 Å². The fourth-order valence-electron chi connectivity index (χ4n) is 1.55. The van der Waals surface area contributed by atoms with Gasteiger partial charge >= 0.3 is 0 Å². The zero-order chi connectivity index (χ0) is 15.0. The lowest BCUT2D eigenvalue weighted by Gasteiger charge is -2.13. The highest BCUT2D eigenvalue weighted by Crippen LogP contribution is 2.25. The van der Waals surface area contributed by atoms with E-state index >= 15 is 0 Å². The van der Waals surface area contributed by atoms with Crippen LogP contribution >= 0.6 is 0 Å². The van der Waals surface area contributed by atoms with E-state index in [-0.39, 0.29) is 5.69 Å². The van der Waals surface area contributed by atoms with Gasteiger partial charge in [-0.2, -0.15) is 5.26 Å². The summed E-state index contributed by atoms with van der Waals surface area (Å²) in [5.41, 5.74) is 0.628. The molecule has 1 rings (SSSR count). The second-order valence-corrected chi connectivity index (χ2v) is 4.11. The van der Waals surface area contributed by atoms with Crippen LogP contribution in [0.5, 0.6) is 5.75 Å². The predicted molar refractivity (Wildman–Crippen MR) is 72.4 cm³/mol. The van der Waals surface area contributed by atoms with E-state index in [4.69, 9.17) is 14.7 Å². The first kappa shape index (κ1) is 15.9. The topological polar surface area (TPSA) is 97.4 Å². The Hall–Kier alpha value is -2.17. The van der Waals surface area contributed by atoms with E-state index in [1.165, 1.54) is 18.2 Å². The highest BCUT2D eigenvalue weighted by Gasteiger charge is 2.13. The average molecular weight is 279 g/mol. The van der Waals surface area contributed by atoms with Gasteiger partial charge in [-0.3, -0.25) is 10.1 Å². The number of nitro benzene ring substituents is 1. The lowest BCUT2D eigenvalue weighted by Crippen LogP contribution is -2.20. The normalized spacial score (nSPS) is 11.7. The van der Waals surface area contributed by atoms with Crippen LogP contribution in [0.4, 0.5) is 5.69 Å². The molecule has 108 valence electrons. The summed E-state index contributed by atoms with van der Waals surface area (Å²) in [7, 11) is 1.60. The third kappa shape index (κ3) is 4.84. The van der Waals surface area contributed by atoms with E-state index in [1.54, 1.807) is 14.0 Å². The van der Waals surface area contributed by atoms with Gasteiger partial charge in [-0.25, -0.2) is 0 Å². The molecular formula is C13H17N3O4. The minimum absolute atomic E-state index is 0.00879. The maximum Gasteiger partial charge on any atom is 0.270 e. The fourth-order valence-corrected chi connectivity index (χ4v) is 1.55. The predicted octanol–water partition coefficient (Wildman–Crippen LogP) is 1.62. The number of hydrogen-bond donors (Lipinski definition) is 1. The summed E-state index contributed by atoms with van der Waals surface area (Å²) in [6.45, 7) is 3.17. The Kier molecular flexibility index (Phi) is 6.43.